The van der Waals surface area contributed by atoms with Gasteiger partial charge in [0.15, 0.2) is 0 Å². The van der Waals surface area contributed by atoms with Crippen LogP contribution in [-0.2, 0) is 19.5 Å². The van der Waals surface area contributed by atoms with E-state index in [4.69, 9.17) is 0 Å². The van der Waals surface area contributed by atoms with Crippen LogP contribution in [0.3, 0.4) is 0 Å². The highest BCUT2D eigenvalue weighted by Crippen LogP contribution is 2.11. The van der Waals surface area contributed by atoms with Crippen LogP contribution in [0.15, 0.2) is 6.07 Å². The van der Waals surface area contributed by atoms with Gasteiger partial charge in [0.1, 0.15) is 0 Å². The van der Waals surface area contributed by atoms with Crippen molar-refractivity contribution in [3.05, 3.63) is 17.5 Å². The van der Waals surface area contributed by atoms with E-state index in [1.54, 1.807) is 0 Å². The Morgan fingerprint density at radius 1 is 1.15 bits per heavy atom. The first-order chi connectivity index (χ1) is 9.76. The van der Waals surface area contributed by atoms with Crippen LogP contribution >= 0.6 is 15.9 Å². The summed E-state index contributed by atoms with van der Waals surface area (Å²) in [7, 11) is 0. The van der Waals surface area contributed by atoms with Crippen molar-refractivity contribution in [3.8, 4) is 0 Å². The maximum absolute atomic E-state index is 4.65. The summed E-state index contributed by atoms with van der Waals surface area (Å²) in [5.74, 6) is 0. The van der Waals surface area contributed by atoms with E-state index in [9.17, 15) is 0 Å². The van der Waals surface area contributed by atoms with Crippen LogP contribution in [0.2, 0.25) is 0 Å². The van der Waals surface area contributed by atoms with Crippen LogP contribution in [0, 0.1) is 0 Å². The van der Waals surface area contributed by atoms with Crippen molar-refractivity contribution in [1.29, 1.82) is 0 Å². The fraction of sp³-hybridized carbons (Fsp3) is 0.800. The molecular formula is C15H27BrN4. The number of aryl methyl sites for hydroxylation is 2. The van der Waals surface area contributed by atoms with Gasteiger partial charge in [-0.25, -0.2) is 0 Å². The Morgan fingerprint density at radius 3 is 2.60 bits per heavy atom. The number of hydrogen-bond acceptors (Lipinski definition) is 3. The summed E-state index contributed by atoms with van der Waals surface area (Å²) in [5.41, 5.74) is 2.59. The molecule has 114 valence electrons. The van der Waals surface area contributed by atoms with Gasteiger partial charge in [0, 0.05) is 38.1 Å². The predicted octanol–water partition coefficient (Wildman–Crippen LogP) is 2.37. The van der Waals surface area contributed by atoms with Gasteiger partial charge in [-0.3, -0.25) is 9.58 Å². The van der Waals surface area contributed by atoms with E-state index < -0.39 is 0 Å². The maximum atomic E-state index is 4.65. The molecule has 0 atom stereocenters. The molecule has 5 heteroatoms. The highest BCUT2D eigenvalue weighted by atomic mass is 79.9. The van der Waals surface area contributed by atoms with Crippen molar-refractivity contribution < 1.29 is 0 Å². The second-order valence-corrected chi connectivity index (χ2v) is 6.25. The Kier molecular flexibility index (Phi) is 6.52. The molecule has 1 aliphatic heterocycles. The summed E-state index contributed by atoms with van der Waals surface area (Å²) in [6.45, 7) is 12.3. The van der Waals surface area contributed by atoms with Crippen molar-refractivity contribution in [2.24, 2.45) is 0 Å². The first-order valence-electron chi connectivity index (χ1n) is 7.83. The molecule has 2 rings (SSSR count). The molecule has 1 saturated heterocycles. The molecule has 1 aromatic heterocycles. The number of alkyl halides is 1. The van der Waals surface area contributed by atoms with Gasteiger partial charge in [0.05, 0.1) is 11.4 Å². The van der Waals surface area contributed by atoms with Gasteiger partial charge in [-0.2, -0.15) is 5.10 Å². The number of nitrogens with zero attached hydrogens (tertiary/aromatic N) is 4. The van der Waals surface area contributed by atoms with Crippen molar-refractivity contribution in [2.45, 2.75) is 39.8 Å². The molecule has 0 aromatic carbocycles. The van der Waals surface area contributed by atoms with Crippen LogP contribution in [0.4, 0.5) is 0 Å². The first-order valence-corrected chi connectivity index (χ1v) is 8.95. The zero-order chi connectivity index (χ0) is 14.4. The number of halogens is 1. The van der Waals surface area contributed by atoms with Gasteiger partial charge in [-0.05, 0) is 38.9 Å². The Labute approximate surface area is 131 Å². The average molecular weight is 343 g/mol. The predicted molar refractivity (Wildman–Crippen MR) is 87.4 cm³/mol. The zero-order valence-electron chi connectivity index (χ0n) is 12.8. The van der Waals surface area contributed by atoms with Crippen molar-refractivity contribution in [3.63, 3.8) is 0 Å². The van der Waals surface area contributed by atoms with E-state index in [1.807, 2.05) is 0 Å². The second-order valence-electron chi connectivity index (χ2n) is 5.46. The van der Waals surface area contributed by atoms with Crippen LogP contribution in [0.5, 0.6) is 0 Å². The van der Waals surface area contributed by atoms with E-state index in [-0.39, 0.29) is 0 Å². The molecule has 0 unspecified atom stereocenters. The lowest BCUT2D eigenvalue weighted by Gasteiger charge is -2.21. The van der Waals surface area contributed by atoms with Crippen molar-refractivity contribution >= 4 is 15.9 Å². The number of aromatic nitrogens is 2. The van der Waals surface area contributed by atoms with Gasteiger partial charge in [0.25, 0.3) is 0 Å². The van der Waals surface area contributed by atoms with Crippen LogP contribution in [0.1, 0.15) is 31.7 Å². The third kappa shape index (κ3) is 4.30. The Morgan fingerprint density at radius 2 is 1.90 bits per heavy atom. The van der Waals surface area contributed by atoms with E-state index >= 15 is 0 Å². The minimum absolute atomic E-state index is 0.971. The molecule has 0 amide bonds. The highest BCUT2D eigenvalue weighted by Gasteiger charge is 2.16. The fourth-order valence-corrected chi connectivity index (χ4v) is 3.35. The standard InChI is InChI=1S/C15H27BrN4/c1-3-14-12-15(20(4-2)17-14)13-19-8-5-7-18(9-6-16)10-11-19/h12H,3-11,13H2,1-2H3. The van der Waals surface area contributed by atoms with Gasteiger partial charge >= 0.3 is 0 Å². The largest absolute Gasteiger partial charge is 0.301 e. The highest BCUT2D eigenvalue weighted by molar-refractivity contribution is 9.09. The molecule has 0 spiro atoms. The molecule has 2 heterocycles. The lowest BCUT2D eigenvalue weighted by atomic mass is 10.3. The molecule has 1 fully saturated rings. The summed E-state index contributed by atoms with van der Waals surface area (Å²) in [6, 6.07) is 2.28. The number of rotatable bonds is 6. The molecule has 1 aromatic rings. The third-order valence-electron chi connectivity index (χ3n) is 4.04. The lowest BCUT2D eigenvalue weighted by molar-refractivity contribution is 0.253. The SMILES string of the molecule is CCc1cc(CN2CCCN(CCBr)CC2)n(CC)n1. The molecule has 0 bridgehead atoms. The van der Waals surface area contributed by atoms with Crippen LogP contribution in [-0.4, -0.2) is 57.6 Å². The molecule has 0 saturated carbocycles. The Hall–Kier alpha value is -0.390. The Bertz CT molecular complexity index is 405. The minimum Gasteiger partial charge on any atom is -0.301 e. The summed E-state index contributed by atoms with van der Waals surface area (Å²) in [4.78, 5) is 5.14. The quantitative estimate of drug-likeness (QED) is 0.741. The fourth-order valence-electron chi connectivity index (χ4n) is 2.84. The molecule has 0 aliphatic carbocycles. The number of hydrogen-bond donors (Lipinski definition) is 0. The van der Waals surface area contributed by atoms with Crippen molar-refractivity contribution in [1.82, 2.24) is 19.6 Å². The monoisotopic (exact) mass is 342 g/mol. The smallest absolute Gasteiger partial charge is 0.0625 e. The van der Waals surface area contributed by atoms with Gasteiger partial charge in [-0.15, -0.1) is 0 Å². The molecule has 0 radical (unpaired) electrons. The summed E-state index contributed by atoms with van der Waals surface area (Å²) < 4.78 is 2.17. The zero-order valence-corrected chi connectivity index (χ0v) is 14.4. The lowest BCUT2D eigenvalue weighted by Crippen LogP contribution is -2.32. The average Bonchev–Trinajstić information content (AvgIpc) is 2.72. The maximum Gasteiger partial charge on any atom is 0.0625 e. The first kappa shape index (κ1) is 16.0. The summed E-state index contributed by atoms with van der Waals surface area (Å²) >= 11 is 3.54. The molecule has 0 N–H and O–H groups in total. The summed E-state index contributed by atoms with van der Waals surface area (Å²) in [5, 5.41) is 5.73. The van der Waals surface area contributed by atoms with E-state index in [0.29, 0.717) is 0 Å². The Balaban J connectivity index is 1.94. The molecule has 20 heavy (non-hydrogen) atoms. The summed E-state index contributed by atoms with van der Waals surface area (Å²) in [6.07, 6.45) is 2.30. The third-order valence-corrected chi connectivity index (χ3v) is 4.40. The topological polar surface area (TPSA) is 24.3 Å². The van der Waals surface area contributed by atoms with Gasteiger partial charge in [-0.1, -0.05) is 22.9 Å². The van der Waals surface area contributed by atoms with Gasteiger partial charge in [0.2, 0.25) is 0 Å². The van der Waals surface area contributed by atoms with E-state index in [2.05, 4.69) is 55.4 Å². The second kappa shape index (κ2) is 8.15. The van der Waals surface area contributed by atoms with Crippen molar-refractivity contribution in [2.75, 3.05) is 38.1 Å². The molecular weight excluding hydrogens is 316 g/mol. The normalized spacial score (nSPS) is 18.4. The van der Waals surface area contributed by atoms with Crippen LogP contribution < -0.4 is 0 Å². The van der Waals surface area contributed by atoms with E-state index in [0.717, 1.165) is 24.8 Å². The minimum atomic E-state index is 0.971. The van der Waals surface area contributed by atoms with Gasteiger partial charge < -0.3 is 4.90 Å². The van der Waals surface area contributed by atoms with Crippen LogP contribution in [0.25, 0.3) is 0 Å². The van der Waals surface area contributed by atoms with E-state index in [1.165, 1.54) is 50.5 Å². The molecule has 4 nitrogen and oxygen atoms in total. The molecule has 1 aliphatic rings.